The van der Waals surface area contributed by atoms with E-state index in [1.54, 1.807) is 48.3 Å². The van der Waals surface area contributed by atoms with Crippen LogP contribution in [0.2, 0.25) is 0 Å². The van der Waals surface area contributed by atoms with Crippen LogP contribution in [0, 0.1) is 0 Å². The molecule has 0 bridgehead atoms. The Morgan fingerprint density at radius 1 is 0.871 bits per heavy atom. The third kappa shape index (κ3) is 5.24. The van der Waals surface area contributed by atoms with Crippen LogP contribution in [0.3, 0.4) is 0 Å². The zero-order valence-corrected chi connectivity index (χ0v) is 18.7. The number of ether oxygens (including phenoxy) is 1. The second-order valence-corrected chi connectivity index (χ2v) is 9.04. The van der Waals surface area contributed by atoms with Gasteiger partial charge < -0.3 is 9.64 Å². The molecule has 0 heterocycles. The van der Waals surface area contributed by atoms with Crippen molar-refractivity contribution < 1.29 is 17.9 Å². The third-order valence-corrected chi connectivity index (χ3v) is 6.68. The number of para-hydroxylation sites is 1. The molecule has 0 fully saturated rings. The van der Waals surface area contributed by atoms with Crippen LogP contribution in [0.4, 0.5) is 5.69 Å². The summed E-state index contributed by atoms with van der Waals surface area (Å²) in [5.41, 5.74) is 1.97. The molecule has 0 unspecified atom stereocenters. The zero-order chi connectivity index (χ0) is 22.4. The first-order valence-electron chi connectivity index (χ1n) is 9.94. The summed E-state index contributed by atoms with van der Waals surface area (Å²) >= 11 is 0. The molecule has 6 nitrogen and oxygen atoms in total. The lowest BCUT2D eigenvalue weighted by Crippen LogP contribution is -2.27. The van der Waals surface area contributed by atoms with Crippen LogP contribution in [0.15, 0.2) is 83.8 Å². The number of carbonyl (C=O) groups is 1. The van der Waals surface area contributed by atoms with Gasteiger partial charge in [-0.1, -0.05) is 30.3 Å². The average Bonchev–Trinajstić information content (AvgIpc) is 2.80. The van der Waals surface area contributed by atoms with Crippen molar-refractivity contribution in [2.45, 2.75) is 18.4 Å². The van der Waals surface area contributed by atoms with Gasteiger partial charge in [0.15, 0.2) is 0 Å². The molecule has 3 aromatic rings. The van der Waals surface area contributed by atoms with Gasteiger partial charge in [0.1, 0.15) is 5.75 Å². The van der Waals surface area contributed by atoms with Gasteiger partial charge in [0.2, 0.25) is 0 Å². The largest absolute Gasteiger partial charge is 0.494 e. The van der Waals surface area contributed by atoms with Crippen LogP contribution in [0.5, 0.6) is 5.75 Å². The molecule has 0 spiro atoms. The number of anilines is 1. The van der Waals surface area contributed by atoms with Crippen molar-refractivity contribution in [2.24, 2.45) is 0 Å². The minimum atomic E-state index is -3.72. The number of benzene rings is 3. The molecule has 0 saturated heterocycles. The maximum Gasteiger partial charge on any atom is 0.264 e. The highest BCUT2D eigenvalue weighted by Crippen LogP contribution is 2.22. The Balaban J connectivity index is 1.70. The maximum absolute atomic E-state index is 12.9. The lowest BCUT2D eigenvalue weighted by Gasteiger charge is -2.20. The second-order valence-electron chi connectivity index (χ2n) is 7.07. The molecule has 0 aromatic heterocycles. The monoisotopic (exact) mass is 438 g/mol. The standard InChI is InChI=1S/C24H26N2O4S/c1-4-30-22-14-10-19(11-15-22)18-25(2)24(27)20-12-16-23(17-13-20)31(28,29)26(3)21-8-6-5-7-9-21/h5-17H,4,18H2,1-3H3. The molecule has 0 saturated carbocycles. The molecule has 3 rings (SSSR count). The minimum absolute atomic E-state index is 0.129. The zero-order valence-electron chi connectivity index (χ0n) is 17.9. The van der Waals surface area contributed by atoms with E-state index < -0.39 is 10.0 Å². The summed E-state index contributed by atoms with van der Waals surface area (Å²) in [6.07, 6.45) is 0. The summed E-state index contributed by atoms with van der Waals surface area (Å²) in [7, 11) is -0.492. The first-order chi connectivity index (χ1) is 14.8. The van der Waals surface area contributed by atoms with Gasteiger partial charge in [-0.2, -0.15) is 0 Å². The lowest BCUT2D eigenvalue weighted by atomic mass is 10.1. The van der Waals surface area contributed by atoms with Gasteiger partial charge in [0.05, 0.1) is 17.2 Å². The summed E-state index contributed by atoms with van der Waals surface area (Å²) in [6, 6.07) is 22.5. The van der Waals surface area contributed by atoms with Gasteiger partial charge in [-0.25, -0.2) is 8.42 Å². The first kappa shape index (κ1) is 22.4. The Morgan fingerprint density at radius 3 is 2.06 bits per heavy atom. The van der Waals surface area contributed by atoms with Crippen molar-refractivity contribution in [3.63, 3.8) is 0 Å². The minimum Gasteiger partial charge on any atom is -0.494 e. The van der Waals surface area contributed by atoms with Crippen LogP contribution in [-0.2, 0) is 16.6 Å². The van der Waals surface area contributed by atoms with Crippen molar-refractivity contribution in [3.05, 3.63) is 90.0 Å². The molecule has 1 amide bonds. The van der Waals surface area contributed by atoms with Gasteiger partial charge in [-0.05, 0) is 61.0 Å². The summed E-state index contributed by atoms with van der Waals surface area (Å²) in [5, 5.41) is 0. The lowest BCUT2D eigenvalue weighted by molar-refractivity contribution is 0.0785. The van der Waals surface area contributed by atoms with E-state index in [0.717, 1.165) is 11.3 Å². The van der Waals surface area contributed by atoms with Gasteiger partial charge in [-0.3, -0.25) is 9.10 Å². The molecule has 162 valence electrons. The fourth-order valence-corrected chi connectivity index (χ4v) is 4.32. The van der Waals surface area contributed by atoms with Crippen LogP contribution in [0.1, 0.15) is 22.8 Å². The highest BCUT2D eigenvalue weighted by atomic mass is 32.2. The molecule has 0 aliphatic heterocycles. The summed E-state index contributed by atoms with van der Waals surface area (Å²) < 4.78 is 32.4. The molecule has 7 heteroatoms. The molecule has 0 radical (unpaired) electrons. The van der Waals surface area contributed by atoms with Crippen molar-refractivity contribution in [1.82, 2.24) is 4.90 Å². The van der Waals surface area contributed by atoms with Crippen molar-refractivity contribution in [3.8, 4) is 5.75 Å². The Morgan fingerprint density at radius 2 is 1.48 bits per heavy atom. The predicted octanol–water partition coefficient (Wildman–Crippen LogP) is 4.18. The number of hydrogen-bond donors (Lipinski definition) is 0. The van der Waals surface area contributed by atoms with Gasteiger partial charge in [0.25, 0.3) is 15.9 Å². The number of nitrogens with zero attached hydrogens (tertiary/aromatic N) is 2. The first-order valence-corrected chi connectivity index (χ1v) is 11.4. The van der Waals surface area contributed by atoms with E-state index in [1.165, 1.54) is 23.5 Å². The van der Waals surface area contributed by atoms with Crippen LogP contribution in [0.25, 0.3) is 0 Å². The van der Waals surface area contributed by atoms with E-state index in [-0.39, 0.29) is 10.8 Å². The highest BCUT2D eigenvalue weighted by molar-refractivity contribution is 7.92. The number of hydrogen-bond acceptors (Lipinski definition) is 4. The molecule has 31 heavy (non-hydrogen) atoms. The summed E-state index contributed by atoms with van der Waals surface area (Å²) in [6.45, 7) is 2.96. The van der Waals surface area contributed by atoms with E-state index in [9.17, 15) is 13.2 Å². The Hall–Kier alpha value is -3.32. The van der Waals surface area contributed by atoms with Crippen LogP contribution >= 0.6 is 0 Å². The van der Waals surface area contributed by atoms with Crippen molar-refractivity contribution in [1.29, 1.82) is 0 Å². The third-order valence-electron chi connectivity index (χ3n) is 4.88. The van der Waals surface area contributed by atoms with Crippen LogP contribution in [-0.4, -0.2) is 39.9 Å². The Kier molecular flexibility index (Phi) is 6.97. The molecular weight excluding hydrogens is 412 g/mol. The van der Waals surface area contributed by atoms with E-state index in [4.69, 9.17) is 4.74 Å². The molecule has 3 aromatic carbocycles. The number of rotatable bonds is 8. The second kappa shape index (κ2) is 9.66. The van der Waals surface area contributed by atoms with E-state index in [2.05, 4.69) is 0 Å². The normalized spacial score (nSPS) is 11.1. The fourth-order valence-electron chi connectivity index (χ4n) is 3.13. The van der Waals surface area contributed by atoms with E-state index >= 15 is 0 Å². The molecule has 0 atom stereocenters. The van der Waals surface area contributed by atoms with Crippen LogP contribution < -0.4 is 9.04 Å². The van der Waals surface area contributed by atoms with Crippen molar-refractivity contribution in [2.75, 3.05) is 25.0 Å². The molecule has 0 N–H and O–H groups in total. The SMILES string of the molecule is CCOc1ccc(CN(C)C(=O)c2ccc(S(=O)(=O)N(C)c3ccccc3)cc2)cc1. The predicted molar refractivity (Wildman–Crippen MR) is 122 cm³/mol. The van der Waals surface area contributed by atoms with Crippen molar-refractivity contribution >= 4 is 21.6 Å². The number of sulfonamides is 1. The molecular formula is C24H26N2O4S. The summed E-state index contributed by atoms with van der Waals surface area (Å²) in [5.74, 6) is 0.603. The maximum atomic E-state index is 12.9. The Labute approximate surface area is 183 Å². The van der Waals surface area contributed by atoms with Gasteiger partial charge >= 0.3 is 0 Å². The van der Waals surface area contributed by atoms with E-state index in [1.807, 2.05) is 37.3 Å². The summed E-state index contributed by atoms with van der Waals surface area (Å²) in [4.78, 5) is 14.5. The molecule has 0 aliphatic rings. The van der Waals surface area contributed by atoms with Gasteiger partial charge in [0, 0.05) is 26.2 Å². The number of carbonyl (C=O) groups excluding carboxylic acids is 1. The average molecular weight is 439 g/mol. The molecule has 0 aliphatic carbocycles. The quantitative estimate of drug-likeness (QED) is 0.529. The Bertz CT molecular complexity index is 1110. The highest BCUT2D eigenvalue weighted by Gasteiger charge is 2.22. The fraction of sp³-hybridized carbons (Fsp3) is 0.208. The number of amides is 1. The van der Waals surface area contributed by atoms with E-state index in [0.29, 0.717) is 24.4 Å². The topological polar surface area (TPSA) is 66.9 Å². The van der Waals surface area contributed by atoms with Gasteiger partial charge in [-0.15, -0.1) is 0 Å². The smallest absolute Gasteiger partial charge is 0.264 e.